The van der Waals surface area contributed by atoms with Gasteiger partial charge < -0.3 is 14.7 Å². The van der Waals surface area contributed by atoms with E-state index in [1.54, 1.807) is 6.33 Å². The van der Waals surface area contributed by atoms with Crippen molar-refractivity contribution in [2.24, 2.45) is 5.92 Å². The number of anilines is 2. The number of amides is 1. The van der Waals surface area contributed by atoms with Crippen molar-refractivity contribution < 1.29 is 4.79 Å². The number of hydrogen-bond donors (Lipinski definition) is 0. The lowest BCUT2D eigenvalue weighted by atomic mass is 9.95. The van der Waals surface area contributed by atoms with Crippen molar-refractivity contribution in [3.63, 3.8) is 0 Å². The molecule has 2 aliphatic rings. The second-order valence-corrected chi connectivity index (χ2v) is 8.22. The summed E-state index contributed by atoms with van der Waals surface area (Å²) in [6.45, 7) is 4.58. The van der Waals surface area contributed by atoms with Crippen LogP contribution in [0.3, 0.4) is 0 Å². The minimum atomic E-state index is 0.100. The third-order valence-electron chi connectivity index (χ3n) is 6.15. The summed E-state index contributed by atoms with van der Waals surface area (Å²) in [6.07, 6.45) is 9.13. The van der Waals surface area contributed by atoms with E-state index in [0.717, 1.165) is 50.5 Å². The van der Waals surface area contributed by atoms with Crippen LogP contribution in [0.25, 0.3) is 0 Å². The van der Waals surface area contributed by atoms with Crippen molar-refractivity contribution >= 4 is 17.4 Å². The maximum atomic E-state index is 12.9. The second kappa shape index (κ2) is 9.25. The van der Waals surface area contributed by atoms with Gasteiger partial charge in [0.15, 0.2) is 5.82 Å². The highest BCUT2D eigenvalue weighted by molar-refractivity contribution is 5.79. The molecular formula is C23H31N5O. The van der Waals surface area contributed by atoms with Crippen molar-refractivity contribution in [1.29, 1.82) is 0 Å². The van der Waals surface area contributed by atoms with E-state index in [1.807, 2.05) is 36.3 Å². The summed E-state index contributed by atoms with van der Waals surface area (Å²) < 4.78 is 0. The number of carbonyl (C=O) groups is 1. The van der Waals surface area contributed by atoms with Gasteiger partial charge in [-0.3, -0.25) is 4.79 Å². The van der Waals surface area contributed by atoms with Gasteiger partial charge in [0.1, 0.15) is 6.33 Å². The summed E-state index contributed by atoms with van der Waals surface area (Å²) in [5.74, 6) is 1.42. The molecule has 154 valence electrons. The fraction of sp³-hybridized carbons (Fsp3) is 0.522. The number of nitrogens with zero attached hydrogens (tertiary/aromatic N) is 5. The van der Waals surface area contributed by atoms with Gasteiger partial charge in [0.25, 0.3) is 0 Å². The normalized spacial score (nSPS) is 18.0. The maximum Gasteiger partial charge on any atom is 0.225 e. The van der Waals surface area contributed by atoms with Gasteiger partial charge in [-0.25, -0.2) is 9.97 Å². The summed E-state index contributed by atoms with van der Waals surface area (Å²) in [7, 11) is 1.92. The van der Waals surface area contributed by atoms with Crippen molar-refractivity contribution in [3.05, 3.63) is 48.4 Å². The van der Waals surface area contributed by atoms with Crippen LogP contribution in [0.2, 0.25) is 0 Å². The number of aromatic nitrogens is 2. The molecule has 0 bridgehead atoms. The molecule has 1 amide bonds. The minimum Gasteiger partial charge on any atom is -0.367 e. The molecule has 0 radical (unpaired) electrons. The van der Waals surface area contributed by atoms with Crippen LogP contribution in [0.15, 0.2) is 42.9 Å². The lowest BCUT2D eigenvalue weighted by molar-refractivity contribution is -0.135. The Labute approximate surface area is 173 Å². The number of carbonyl (C=O) groups excluding carboxylic acids is 1. The van der Waals surface area contributed by atoms with Crippen LogP contribution in [-0.4, -0.2) is 54.0 Å². The fourth-order valence-corrected chi connectivity index (χ4v) is 4.50. The van der Waals surface area contributed by atoms with E-state index in [2.05, 4.69) is 31.9 Å². The highest BCUT2D eigenvalue weighted by Gasteiger charge is 2.29. The summed E-state index contributed by atoms with van der Waals surface area (Å²) in [4.78, 5) is 28.5. The standard InChI is InChI=1S/C23H31N5O/c1-26(17-19-8-4-2-5-9-19)23(29)20-10-14-27(15-11-20)21-16-24-18-25-22(21)28-12-6-3-7-13-28/h2,4-5,8-9,16,18,20H,3,6-7,10-15,17H2,1H3. The van der Waals surface area contributed by atoms with Gasteiger partial charge in [-0.05, 0) is 37.7 Å². The SMILES string of the molecule is CN(Cc1ccccc1)C(=O)C1CCN(c2cncnc2N2CCCCC2)CC1. The number of hydrogen-bond acceptors (Lipinski definition) is 5. The van der Waals surface area contributed by atoms with Crippen LogP contribution in [-0.2, 0) is 11.3 Å². The lowest BCUT2D eigenvalue weighted by Crippen LogP contribution is -2.42. The molecule has 0 unspecified atom stereocenters. The quantitative estimate of drug-likeness (QED) is 0.780. The molecular weight excluding hydrogens is 362 g/mol. The van der Waals surface area contributed by atoms with Gasteiger partial charge in [0, 0.05) is 45.7 Å². The van der Waals surface area contributed by atoms with Gasteiger partial charge in [-0.15, -0.1) is 0 Å². The molecule has 3 heterocycles. The molecule has 2 aromatic rings. The Hall–Kier alpha value is -2.63. The monoisotopic (exact) mass is 393 g/mol. The van der Waals surface area contributed by atoms with Gasteiger partial charge in [-0.2, -0.15) is 0 Å². The summed E-state index contributed by atoms with van der Waals surface area (Å²) in [5.41, 5.74) is 2.30. The smallest absolute Gasteiger partial charge is 0.225 e. The van der Waals surface area contributed by atoms with Crippen LogP contribution < -0.4 is 9.80 Å². The molecule has 6 heteroatoms. The topological polar surface area (TPSA) is 52.6 Å². The van der Waals surface area contributed by atoms with Gasteiger partial charge in [0.2, 0.25) is 5.91 Å². The van der Waals surface area contributed by atoms with E-state index in [-0.39, 0.29) is 11.8 Å². The minimum absolute atomic E-state index is 0.100. The Morgan fingerprint density at radius 2 is 1.76 bits per heavy atom. The van der Waals surface area contributed by atoms with Crippen molar-refractivity contribution in [2.45, 2.75) is 38.6 Å². The van der Waals surface area contributed by atoms with Crippen LogP contribution in [0.1, 0.15) is 37.7 Å². The molecule has 29 heavy (non-hydrogen) atoms. The summed E-state index contributed by atoms with van der Waals surface area (Å²) in [6, 6.07) is 10.2. The molecule has 4 rings (SSSR count). The molecule has 2 aliphatic heterocycles. The van der Waals surface area contributed by atoms with Crippen molar-refractivity contribution in [3.8, 4) is 0 Å². The first-order valence-corrected chi connectivity index (χ1v) is 10.8. The highest BCUT2D eigenvalue weighted by Crippen LogP contribution is 2.31. The third-order valence-corrected chi connectivity index (χ3v) is 6.15. The molecule has 2 saturated heterocycles. The molecule has 0 atom stereocenters. The van der Waals surface area contributed by atoms with Gasteiger partial charge in [0.05, 0.1) is 11.9 Å². The first-order chi connectivity index (χ1) is 14.2. The van der Waals surface area contributed by atoms with Crippen LogP contribution in [0.4, 0.5) is 11.5 Å². The predicted octanol–water partition coefficient (Wildman–Crippen LogP) is 3.34. The Kier molecular flexibility index (Phi) is 6.27. The Balaban J connectivity index is 1.36. The van der Waals surface area contributed by atoms with Gasteiger partial charge >= 0.3 is 0 Å². The van der Waals surface area contributed by atoms with Crippen molar-refractivity contribution in [1.82, 2.24) is 14.9 Å². The summed E-state index contributed by atoms with van der Waals surface area (Å²) >= 11 is 0. The molecule has 0 spiro atoms. The molecule has 2 fully saturated rings. The zero-order valence-electron chi connectivity index (χ0n) is 17.3. The summed E-state index contributed by atoms with van der Waals surface area (Å²) in [5, 5.41) is 0. The fourth-order valence-electron chi connectivity index (χ4n) is 4.50. The molecule has 1 aromatic carbocycles. The zero-order chi connectivity index (χ0) is 20.1. The third kappa shape index (κ3) is 4.69. The van der Waals surface area contributed by atoms with Gasteiger partial charge in [-0.1, -0.05) is 30.3 Å². The Morgan fingerprint density at radius 3 is 2.48 bits per heavy atom. The first-order valence-electron chi connectivity index (χ1n) is 10.8. The van der Waals surface area contributed by atoms with E-state index < -0.39 is 0 Å². The van der Waals surface area contributed by atoms with Crippen LogP contribution in [0, 0.1) is 5.92 Å². The van der Waals surface area contributed by atoms with E-state index in [0.29, 0.717) is 6.54 Å². The van der Waals surface area contributed by atoms with E-state index >= 15 is 0 Å². The van der Waals surface area contributed by atoms with Crippen LogP contribution >= 0.6 is 0 Å². The highest BCUT2D eigenvalue weighted by atomic mass is 16.2. The largest absolute Gasteiger partial charge is 0.367 e. The molecule has 0 aliphatic carbocycles. The van der Waals surface area contributed by atoms with E-state index in [4.69, 9.17) is 0 Å². The molecule has 0 saturated carbocycles. The van der Waals surface area contributed by atoms with Crippen molar-refractivity contribution in [2.75, 3.05) is 43.0 Å². The maximum absolute atomic E-state index is 12.9. The lowest BCUT2D eigenvalue weighted by Gasteiger charge is -2.37. The molecule has 1 aromatic heterocycles. The average molecular weight is 394 g/mol. The van der Waals surface area contributed by atoms with Crippen LogP contribution in [0.5, 0.6) is 0 Å². The first kappa shape index (κ1) is 19.7. The van der Waals surface area contributed by atoms with E-state index in [9.17, 15) is 4.79 Å². The Bertz CT molecular complexity index is 798. The molecule has 0 N–H and O–H groups in total. The zero-order valence-corrected chi connectivity index (χ0v) is 17.3. The Morgan fingerprint density at radius 1 is 1.03 bits per heavy atom. The average Bonchev–Trinajstić information content (AvgIpc) is 2.80. The number of benzene rings is 1. The van der Waals surface area contributed by atoms with E-state index in [1.165, 1.54) is 24.8 Å². The second-order valence-electron chi connectivity index (χ2n) is 8.22. The predicted molar refractivity (Wildman–Crippen MR) is 116 cm³/mol. The number of rotatable bonds is 5. The molecule has 6 nitrogen and oxygen atoms in total. The number of piperidine rings is 2.